The standard InChI is InChI=1S/C9H15N3/c1-4-9-11-7(2)6-12(9)8(3)5-10/h7-8H,4,6H2,1-3H3. The highest BCUT2D eigenvalue weighted by Gasteiger charge is 2.24. The van der Waals surface area contributed by atoms with E-state index < -0.39 is 0 Å². The second kappa shape index (κ2) is 3.57. The number of hydrogen-bond acceptors (Lipinski definition) is 3. The van der Waals surface area contributed by atoms with Crippen molar-refractivity contribution in [3.05, 3.63) is 0 Å². The lowest BCUT2D eigenvalue weighted by Crippen LogP contribution is -2.35. The van der Waals surface area contributed by atoms with Gasteiger partial charge in [-0.05, 0) is 13.8 Å². The van der Waals surface area contributed by atoms with E-state index in [0.717, 1.165) is 18.8 Å². The predicted molar refractivity (Wildman–Crippen MR) is 49.0 cm³/mol. The molecular weight excluding hydrogens is 150 g/mol. The molecule has 1 aliphatic heterocycles. The van der Waals surface area contributed by atoms with Crippen molar-refractivity contribution in [2.75, 3.05) is 6.54 Å². The highest BCUT2D eigenvalue weighted by molar-refractivity contribution is 5.84. The minimum atomic E-state index is -0.0337. The first kappa shape index (κ1) is 9.05. The Morgan fingerprint density at radius 3 is 3.00 bits per heavy atom. The molecule has 0 aromatic rings. The first-order valence-electron chi connectivity index (χ1n) is 4.42. The average molecular weight is 165 g/mol. The van der Waals surface area contributed by atoms with Crippen LogP contribution in [-0.4, -0.2) is 29.4 Å². The molecule has 1 rings (SSSR count). The summed E-state index contributed by atoms with van der Waals surface area (Å²) in [4.78, 5) is 6.54. The fourth-order valence-corrected chi connectivity index (χ4v) is 1.51. The molecule has 0 aliphatic carbocycles. The minimum absolute atomic E-state index is 0.0337. The van der Waals surface area contributed by atoms with Gasteiger partial charge >= 0.3 is 0 Å². The van der Waals surface area contributed by atoms with Crippen LogP contribution in [0.1, 0.15) is 27.2 Å². The summed E-state index contributed by atoms with van der Waals surface area (Å²) in [5, 5.41) is 8.75. The number of amidine groups is 1. The van der Waals surface area contributed by atoms with E-state index >= 15 is 0 Å². The van der Waals surface area contributed by atoms with Crippen LogP contribution in [0.4, 0.5) is 0 Å². The molecule has 0 spiro atoms. The van der Waals surface area contributed by atoms with Crippen LogP contribution in [0.15, 0.2) is 4.99 Å². The Hall–Kier alpha value is -1.04. The normalized spacial score (nSPS) is 25.0. The Labute approximate surface area is 73.7 Å². The maximum absolute atomic E-state index is 8.75. The summed E-state index contributed by atoms with van der Waals surface area (Å²) in [6.45, 7) is 6.98. The first-order valence-corrected chi connectivity index (χ1v) is 4.42. The van der Waals surface area contributed by atoms with E-state index in [9.17, 15) is 0 Å². The maximum atomic E-state index is 8.75. The summed E-state index contributed by atoms with van der Waals surface area (Å²) < 4.78 is 0. The van der Waals surface area contributed by atoms with Crippen molar-refractivity contribution in [2.24, 2.45) is 4.99 Å². The molecule has 66 valence electrons. The molecule has 0 saturated heterocycles. The van der Waals surface area contributed by atoms with Crippen molar-refractivity contribution in [1.29, 1.82) is 5.26 Å². The van der Waals surface area contributed by atoms with Crippen molar-refractivity contribution < 1.29 is 0 Å². The topological polar surface area (TPSA) is 39.4 Å². The summed E-state index contributed by atoms with van der Waals surface area (Å²) >= 11 is 0. The molecule has 12 heavy (non-hydrogen) atoms. The van der Waals surface area contributed by atoms with E-state index in [1.54, 1.807) is 0 Å². The summed E-state index contributed by atoms with van der Waals surface area (Å²) in [5.74, 6) is 1.08. The molecule has 2 atom stereocenters. The molecule has 1 heterocycles. The van der Waals surface area contributed by atoms with Gasteiger partial charge in [-0.3, -0.25) is 4.99 Å². The van der Waals surface area contributed by atoms with E-state index in [1.165, 1.54) is 0 Å². The van der Waals surface area contributed by atoms with Crippen molar-refractivity contribution in [3.8, 4) is 6.07 Å². The maximum Gasteiger partial charge on any atom is 0.115 e. The van der Waals surface area contributed by atoms with Gasteiger partial charge in [0.1, 0.15) is 11.9 Å². The molecule has 0 N–H and O–H groups in total. The number of rotatable bonds is 2. The Bertz CT molecular complexity index is 226. The van der Waals surface area contributed by atoms with Gasteiger partial charge in [0, 0.05) is 13.0 Å². The van der Waals surface area contributed by atoms with Crippen LogP contribution < -0.4 is 0 Å². The first-order chi connectivity index (χ1) is 5.69. The van der Waals surface area contributed by atoms with E-state index in [2.05, 4.69) is 29.8 Å². The van der Waals surface area contributed by atoms with Gasteiger partial charge in [-0.25, -0.2) is 0 Å². The lowest BCUT2D eigenvalue weighted by molar-refractivity contribution is 0.391. The lowest BCUT2D eigenvalue weighted by atomic mass is 10.2. The largest absolute Gasteiger partial charge is 0.342 e. The third-order valence-electron chi connectivity index (χ3n) is 2.13. The van der Waals surface area contributed by atoms with Crippen molar-refractivity contribution in [1.82, 2.24) is 4.90 Å². The summed E-state index contributed by atoms with van der Waals surface area (Å²) in [7, 11) is 0. The van der Waals surface area contributed by atoms with Gasteiger partial charge in [0.15, 0.2) is 0 Å². The molecule has 3 heteroatoms. The van der Waals surface area contributed by atoms with E-state index in [1.807, 2.05) is 6.92 Å². The van der Waals surface area contributed by atoms with Gasteiger partial charge in [0.25, 0.3) is 0 Å². The third-order valence-corrected chi connectivity index (χ3v) is 2.13. The van der Waals surface area contributed by atoms with Crippen molar-refractivity contribution in [2.45, 2.75) is 39.3 Å². The summed E-state index contributed by atoms with van der Waals surface area (Å²) in [6, 6.07) is 2.56. The Kier molecular flexibility index (Phi) is 2.69. The highest BCUT2D eigenvalue weighted by Crippen LogP contribution is 2.13. The minimum Gasteiger partial charge on any atom is -0.342 e. The predicted octanol–water partition coefficient (Wildman–Crippen LogP) is 1.41. The fraction of sp³-hybridized carbons (Fsp3) is 0.778. The van der Waals surface area contributed by atoms with E-state index in [0.29, 0.717) is 6.04 Å². The van der Waals surface area contributed by atoms with Crippen LogP contribution in [0.5, 0.6) is 0 Å². The van der Waals surface area contributed by atoms with Gasteiger partial charge < -0.3 is 4.90 Å². The lowest BCUT2D eigenvalue weighted by Gasteiger charge is -2.22. The zero-order chi connectivity index (χ0) is 9.14. The SMILES string of the molecule is CCC1=NC(C)CN1C(C)C#N. The number of aliphatic imine (C=N–C) groups is 1. The number of hydrogen-bond donors (Lipinski definition) is 0. The summed E-state index contributed by atoms with van der Waals surface area (Å²) in [5.41, 5.74) is 0. The molecule has 0 aromatic carbocycles. The molecule has 0 bridgehead atoms. The molecule has 1 aliphatic rings. The molecule has 2 unspecified atom stereocenters. The molecule has 0 saturated carbocycles. The number of nitrogens with zero attached hydrogens (tertiary/aromatic N) is 3. The number of nitriles is 1. The van der Waals surface area contributed by atoms with Gasteiger partial charge in [-0.1, -0.05) is 6.92 Å². The van der Waals surface area contributed by atoms with Gasteiger partial charge in [-0.2, -0.15) is 5.26 Å². The zero-order valence-corrected chi connectivity index (χ0v) is 7.91. The summed E-state index contributed by atoms with van der Waals surface area (Å²) in [6.07, 6.45) is 0.927. The quantitative estimate of drug-likeness (QED) is 0.620. The second-order valence-corrected chi connectivity index (χ2v) is 3.21. The smallest absolute Gasteiger partial charge is 0.115 e. The molecule has 3 nitrogen and oxygen atoms in total. The third kappa shape index (κ3) is 1.58. The van der Waals surface area contributed by atoms with Crippen LogP contribution in [0, 0.1) is 11.3 Å². The van der Waals surface area contributed by atoms with Crippen molar-refractivity contribution in [3.63, 3.8) is 0 Å². The van der Waals surface area contributed by atoms with Crippen LogP contribution in [0.2, 0.25) is 0 Å². The van der Waals surface area contributed by atoms with Gasteiger partial charge in [0.05, 0.1) is 12.1 Å². The van der Waals surface area contributed by atoms with Crippen LogP contribution in [-0.2, 0) is 0 Å². The zero-order valence-electron chi connectivity index (χ0n) is 7.91. The van der Waals surface area contributed by atoms with Crippen molar-refractivity contribution >= 4 is 5.84 Å². The molecule has 0 aromatic heterocycles. The molecular formula is C9H15N3. The Balaban J connectivity index is 2.70. The molecule has 0 amide bonds. The average Bonchev–Trinajstić information content (AvgIpc) is 2.45. The van der Waals surface area contributed by atoms with Crippen LogP contribution in [0.3, 0.4) is 0 Å². The molecule has 0 radical (unpaired) electrons. The monoisotopic (exact) mass is 165 g/mol. The van der Waals surface area contributed by atoms with Crippen LogP contribution in [0.25, 0.3) is 0 Å². The van der Waals surface area contributed by atoms with E-state index in [4.69, 9.17) is 5.26 Å². The second-order valence-electron chi connectivity index (χ2n) is 3.21. The van der Waals surface area contributed by atoms with Gasteiger partial charge in [-0.15, -0.1) is 0 Å². The fourth-order valence-electron chi connectivity index (χ4n) is 1.51. The van der Waals surface area contributed by atoms with E-state index in [-0.39, 0.29) is 6.04 Å². The molecule has 0 fully saturated rings. The Morgan fingerprint density at radius 1 is 1.83 bits per heavy atom. The van der Waals surface area contributed by atoms with Crippen LogP contribution >= 0.6 is 0 Å². The Morgan fingerprint density at radius 2 is 2.50 bits per heavy atom. The highest BCUT2D eigenvalue weighted by atomic mass is 15.3. The van der Waals surface area contributed by atoms with Gasteiger partial charge in [0.2, 0.25) is 0 Å².